The number of allylic oxidation sites excluding steroid dienone is 2. The predicted molar refractivity (Wildman–Crippen MR) is 110 cm³/mol. The van der Waals surface area contributed by atoms with Crippen molar-refractivity contribution in [3.8, 4) is 0 Å². The van der Waals surface area contributed by atoms with E-state index in [4.69, 9.17) is 5.84 Å². The Balaban J connectivity index is 1.89. The van der Waals surface area contributed by atoms with E-state index in [1.807, 2.05) is 18.2 Å². The van der Waals surface area contributed by atoms with Gasteiger partial charge in [-0.3, -0.25) is 4.79 Å². The first-order valence-corrected chi connectivity index (χ1v) is 9.44. The number of nitrogens with zero attached hydrogens (tertiary/aromatic N) is 2. The molecule has 0 spiro atoms. The van der Waals surface area contributed by atoms with Gasteiger partial charge in [0, 0.05) is 15.9 Å². The van der Waals surface area contributed by atoms with Crippen LogP contribution in [0.1, 0.15) is 42.1 Å². The van der Waals surface area contributed by atoms with Gasteiger partial charge in [-0.25, -0.2) is 9.66 Å². The molecule has 2 N–H and O–H groups in total. The fourth-order valence-corrected chi connectivity index (χ4v) is 4.82. The first-order chi connectivity index (χ1) is 12.4. The first-order valence-electron chi connectivity index (χ1n) is 8.62. The van der Waals surface area contributed by atoms with Crippen LogP contribution in [0.2, 0.25) is 0 Å². The Hall–Kier alpha value is -2.66. The van der Waals surface area contributed by atoms with E-state index in [-0.39, 0.29) is 11.0 Å². The third kappa shape index (κ3) is 2.69. The first kappa shape index (κ1) is 16.8. The van der Waals surface area contributed by atoms with Crippen LogP contribution in [0.3, 0.4) is 0 Å². The van der Waals surface area contributed by atoms with Crippen LogP contribution in [0.15, 0.2) is 46.8 Å². The molecule has 5 heteroatoms. The fraction of sp³-hybridized carbons (Fsp3) is 0.238. The molecule has 4 rings (SSSR count). The van der Waals surface area contributed by atoms with E-state index >= 15 is 0 Å². The van der Waals surface area contributed by atoms with Crippen LogP contribution in [0.5, 0.6) is 0 Å². The van der Waals surface area contributed by atoms with Crippen LogP contribution in [0.4, 0.5) is 0 Å². The number of benzene rings is 1. The fourth-order valence-electron chi connectivity index (χ4n) is 3.53. The molecule has 2 heterocycles. The Morgan fingerprint density at radius 1 is 1.23 bits per heavy atom. The summed E-state index contributed by atoms with van der Waals surface area (Å²) in [6.07, 6.45) is 7.31. The van der Waals surface area contributed by atoms with Gasteiger partial charge in [0.15, 0.2) is 0 Å². The minimum absolute atomic E-state index is 0.0500. The van der Waals surface area contributed by atoms with Gasteiger partial charge in [0.25, 0.3) is 5.56 Å². The molecule has 0 amide bonds. The molecule has 1 aliphatic carbocycles. The van der Waals surface area contributed by atoms with E-state index in [1.165, 1.54) is 10.5 Å². The van der Waals surface area contributed by atoms with E-state index in [9.17, 15) is 4.79 Å². The lowest BCUT2D eigenvalue weighted by Crippen LogP contribution is -2.30. The van der Waals surface area contributed by atoms with Crippen LogP contribution in [-0.4, -0.2) is 9.66 Å². The lowest BCUT2D eigenvalue weighted by molar-refractivity contribution is 0.531. The zero-order chi connectivity index (χ0) is 18.5. The summed E-state index contributed by atoms with van der Waals surface area (Å²) >= 11 is 1.61. The van der Waals surface area contributed by atoms with Gasteiger partial charge in [-0.1, -0.05) is 56.3 Å². The van der Waals surface area contributed by atoms with E-state index in [2.05, 4.69) is 49.2 Å². The van der Waals surface area contributed by atoms with E-state index in [0.29, 0.717) is 11.2 Å². The zero-order valence-corrected chi connectivity index (χ0v) is 15.9. The second kappa shape index (κ2) is 5.95. The van der Waals surface area contributed by atoms with Crippen molar-refractivity contribution in [2.24, 2.45) is 0 Å². The van der Waals surface area contributed by atoms with E-state index in [1.54, 1.807) is 18.3 Å². The minimum Gasteiger partial charge on any atom is -0.335 e. The summed E-state index contributed by atoms with van der Waals surface area (Å²) in [6.45, 7) is 6.20. The highest BCUT2D eigenvalue weighted by molar-refractivity contribution is 7.19. The molecule has 0 saturated carbocycles. The predicted octanol–water partition coefficient (Wildman–Crippen LogP) is 4.26. The van der Waals surface area contributed by atoms with Gasteiger partial charge in [-0.15, -0.1) is 11.3 Å². The third-order valence-electron chi connectivity index (χ3n) is 4.85. The standard InChI is InChI=1S/C21H21N3OS/c1-13-23-19-17(20(25)24(13)22)16-11-15(12-21(2,3)18(16)26-19)10-9-14-7-5-4-6-8-14/h4-11H,12,22H2,1-3H3/b10-9+. The Morgan fingerprint density at radius 2 is 1.96 bits per heavy atom. The number of rotatable bonds is 2. The van der Waals surface area contributed by atoms with Gasteiger partial charge in [0.2, 0.25) is 0 Å². The van der Waals surface area contributed by atoms with Crippen molar-refractivity contribution in [1.29, 1.82) is 0 Å². The normalized spacial score (nSPS) is 16.0. The highest BCUT2D eigenvalue weighted by Crippen LogP contribution is 2.45. The summed E-state index contributed by atoms with van der Waals surface area (Å²) in [5.41, 5.74) is 3.12. The van der Waals surface area contributed by atoms with Gasteiger partial charge in [0.05, 0.1) is 5.39 Å². The van der Waals surface area contributed by atoms with Crippen molar-refractivity contribution in [2.75, 3.05) is 5.84 Å². The maximum atomic E-state index is 12.7. The van der Waals surface area contributed by atoms with E-state index < -0.39 is 0 Å². The molecule has 3 aromatic rings. The molecule has 0 unspecified atom stereocenters. The Morgan fingerprint density at radius 3 is 2.69 bits per heavy atom. The Labute approximate surface area is 156 Å². The highest BCUT2D eigenvalue weighted by atomic mass is 32.1. The summed E-state index contributed by atoms with van der Waals surface area (Å²) in [5, 5.41) is 0.636. The lowest BCUT2D eigenvalue weighted by atomic mass is 9.77. The SMILES string of the molecule is Cc1nc2sc3c(c2c(=O)n1N)C=C(/C=C/c1ccccc1)CC3(C)C. The second-order valence-corrected chi connectivity index (χ2v) is 8.38. The summed E-state index contributed by atoms with van der Waals surface area (Å²) < 4.78 is 1.14. The molecule has 0 fully saturated rings. The van der Waals surface area contributed by atoms with Gasteiger partial charge < -0.3 is 5.84 Å². The molecule has 1 aliphatic rings. The molecule has 0 atom stereocenters. The van der Waals surface area contributed by atoms with Crippen LogP contribution in [0, 0.1) is 6.92 Å². The summed E-state index contributed by atoms with van der Waals surface area (Å²) in [5.74, 6) is 6.42. The number of hydrogen-bond donors (Lipinski definition) is 1. The van der Waals surface area contributed by atoms with Crippen LogP contribution < -0.4 is 11.4 Å². The molecule has 2 aromatic heterocycles. The van der Waals surface area contributed by atoms with Crippen molar-refractivity contribution in [3.63, 3.8) is 0 Å². The largest absolute Gasteiger partial charge is 0.335 e. The molecule has 132 valence electrons. The molecular weight excluding hydrogens is 342 g/mol. The molecule has 0 bridgehead atoms. The average Bonchev–Trinajstić information content (AvgIpc) is 2.98. The average molecular weight is 363 g/mol. The number of hydrogen-bond acceptors (Lipinski definition) is 4. The van der Waals surface area contributed by atoms with Crippen LogP contribution >= 0.6 is 11.3 Å². The lowest BCUT2D eigenvalue weighted by Gasteiger charge is -2.29. The number of aromatic nitrogens is 2. The van der Waals surface area contributed by atoms with Crippen molar-refractivity contribution in [2.45, 2.75) is 32.6 Å². The monoisotopic (exact) mass is 363 g/mol. The van der Waals surface area contributed by atoms with Crippen molar-refractivity contribution in [1.82, 2.24) is 9.66 Å². The highest BCUT2D eigenvalue weighted by Gasteiger charge is 2.32. The third-order valence-corrected chi connectivity index (χ3v) is 6.32. The van der Waals surface area contributed by atoms with Gasteiger partial charge in [-0.2, -0.15) is 0 Å². The molecule has 26 heavy (non-hydrogen) atoms. The topological polar surface area (TPSA) is 60.9 Å². The van der Waals surface area contributed by atoms with Crippen molar-refractivity contribution >= 4 is 33.7 Å². The summed E-state index contributed by atoms with van der Waals surface area (Å²) in [4.78, 5) is 19.3. The number of fused-ring (bicyclic) bond motifs is 3. The second-order valence-electron chi connectivity index (χ2n) is 7.38. The molecule has 1 aromatic carbocycles. The number of aryl methyl sites for hydroxylation is 1. The molecule has 0 saturated heterocycles. The zero-order valence-electron chi connectivity index (χ0n) is 15.1. The molecular formula is C21H21N3OS. The minimum atomic E-state index is -0.176. The number of nitrogens with two attached hydrogens (primary N) is 1. The van der Waals surface area contributed by atoms with Gasteiger partial charge >= 0.3 is 0 Å². The number of nitrogen functional groups attached to an aromatic ring is 1. The Bertz CT molecular complexity index is 1120. The Kier molecular flexibility index (Phi) is 3.84. The van der Waals surface area contributed by atoms with E-state index in [0.717, 1.165) is 27.1 Å². The smallest absolute Gasteiger partial charge is 0.281 e. The van der Waals surface area contributed by atoms with Crippen LogP contribution in [0.25, 0.3) is 22.4 Å². The van der Waals surface area contributed by atoms with Crippen molar-refractivity contribution < 1.29 is 0 Å². The van der Waals surface area contributed by atoms with Gasteiger partial charge in [0.1, 0.15) is 10.7 Å². The van der Waals surface area contributed by atoms with Crippen molar-refractivity contribution in [3.05, 3.63) is 74.2 Å². The molecule has 4 nitrogen and oxygen atoms in total. The summed E-state index contributed by atoms with van der Waals surface area (Å²) in [6, 6.07) is 10.2. The molecule has 0 radical (unpaired) electrons. The molecule has 0 aliphatic heterocycles. The summed E-state index contributed by atoms with van der Waals surface area (Å²) in [7, 11) is 0. The number of thiophene rings is 1. The van der Waals surface area contributed by atoms with Gasteiger partial charge in [-0.05, 0) is 30.6 Å². The quantitative estimate of drug-likeness (QED) is 0.692. The maximum absolute atomic E-state index is 12.7. The maximum Gasteiger partial charge on any atom is 0.281 e. The van der Waals surface area contributed by atoms with Crippen LogP contribution in [-0.2, 0) is 5.41 Å².